The second-order valence-electron chi connectivity index (χ2n) is 3.26. The molecule has 0 aliphatic carbocycles. The van der Waals surface area contributed by atoms with Crippen LogP contribution in [0.3, 0.4) is 0 Å². The van der Waals surface area contributed by atoms with Crippen LogP contribution in [-0.4, -0.2) is 29.4 Å². The van der Waals surface area contributed by atoms with Gasteiger partial charge in [-0.05, 0) is 20.8 Å². The van der Waals surface area contributed by atoms with Gasteiger partial charge in [-0.2, -0.15) is 0 Å². The third kappa shape index (κ3) is 3.95. The first-order valence-corrected chi connectivity index (χ1v) is 7.29. The molecule has 0 N–H and O–H groups in total. The van der Waals surface area contributed by atoms with Crippen LogP contribution in [0.1, 0.15) is 20.8 Å². The summed E-state index contributed by atoms with van der Waals surface area (Å²) in [5, 5.41) is 0. The number of alkyl halides is 2. The SMILES string of the molecule is CCOP(C)(=O)C(Cl)(Cl)C(=O)OC(C)C. The van der Waals surface area contributed by atoms with Crippen LogP contribution in [0.25, 0.3) is 0 Å². The highest BCUT2D eigenvalue weighted by Crippen LogP contribution is 2.61. The molecule has 1 atom stereocenters. The molecule has 0 radical (unpaired) electrons. The molecule has 0 aromatic heterocycles. The lowest BCUT2D eigenvalue weighted by molar-refractivity contribution is -0.146. The molecule has 0 spiro atoms. The fourth-order valence-corrected chi connectivity index (χ4v) is 2.20. The van der Waals surface area contributed by atoms with E-state index in [2.05, 4.69) is 0 Å². The van der Waals surface area contributed by atoms with Crippen LogP contribution in [0, 0.1) is 0 Å². The zero-order valence-corrected chi connectivity index (χ0v) is 11.5. The zero-order valence-electron chi connectivity index (χ0n) is 9.12. The van der Waals surface area contributed by atoms with E-state index in [4.69, 9.17) is 32.5 Å². The van der Waals surface area contributed by atoms with Gasteiger partial charge in [0.25, 0.3) is 4.07 Å². The van der Waals surface area contributed by atoms with Gasteiger partial charge in [-0.15, -0.1) is 0 Å². The topological polar surface area (TPSA) is 52.6 Å². The van der Waals surface area contributed by atoms with Gasteiger partial charge >= 0.3 is 5.97 Å². The smallest absolute Gasteiger partial charge is 0.353 e. The predicted octanol–water partition coefficient (Wildman–Crippen LogP) is 3.01. The Labute approximate surface area is 99.7 Å². The Morgan fingerprint density at radius 3 is 2.27 bits per heavy atom. The Morgan fingerprint density at radius 2 is 1.93 bits per heavy atom. The first-order valence-electron chi connectivity index (χ1n) is 4.46. The minimum atomic E-state index is -3.45. The fraction of sp³-hybridized carbons (Fsp3) is 0.875. The minimum Gasteiger partial charge on any atom is -0.460 e. The molecule has 0 fully saturated rings. The number of halogens is 2. The Bertz CT molecular complexity index is 278. The minimum absolute atomic E-state index is 0.157. The van der Waals surface area contributed by atoms with Gasteiger partial charge in [0.1, 0.15) is 0 Å². The summed E-state index contributed by atoms with van der Waals surface area (Å²) in [4.78, 5) is 11.5. The molecule has 90 valence electrons. The van der Waals surface area contributed by atoms with E-state index in [-0.39, 0.29) is 12.7 Å². The average molecular weight is 277 g/mol. The summed E-state index contributed by atoms with van der Waals surface area (Å²) in [5.41, 5.74) is 0. The van der Waals surface area contributed by atoms with Crippen molar-refractivity contribution < 1.29 is 18.6 Å². The van der Waals surface area contributed by atoms with Crippen molar-refractivity contribution in [3.8, 4) is 0 Å². The zero-order chi connectivity index (χ0) is 12.3. The Morgan fingerprint density at radius 1 is 1.47 bits per heavy atom. The predicted molar refractivity (Wildman–Crippen MR) is 60.8 cm³/mol. The van der Waals surface area contributed by atoms with Crippen LogP contribution in [-0.2, 0) is 18.6 Å². The van der Waals surface area contributed by atoms with Gasteiger partial charge in [0.05, 0.1) is 12.7 Å². The van der Waals surface area contributed by atoms with E-state index in [1.807, 2.05) is 0 Å². The van der Waals surface area contributed by atoms with Crippen molar-refractivity contribution in [1.82, 2.24) is 0 Å². The lowest BCUT2D eigenvalue weighted by Gasteiger charge is -2.25. The Balaban J connectivity index is 4.80. The van der Waals surface area contributed by atoms with Crippen LogP contribution in [0.4, 0.5) is 0 Å². The molecule has 15 heavy (non-hydrogen) atoms. The van der Waals surface area contributed by atoms with Crippen LogP contribution in [0.5, 0.6) is 0 Å². The molecule has 0 saturated heterocycles. The maximum atomic E-state index is 11.9. The van der Waals surface area contributed by atoms with Gasteiger partial charge in [-0.25, -0.2) is 4.79 Å². The lowest BCUT2D eigenvalue weighted by Crippen LogP contribution is -2.31. The molecule has 0 amide bonds. The maximum absolute atomic E-state index is 11.9. The highest BCUT2D eigenvalue weighted by atomic mass is 35.5. The summed E-state index contributed by atoms with van der Waals surface area (Å²) in [5.74, 6) is -0.944. The standard InChI is InChI=1S/C8H15Cl2O4P/c1-5-13-15(4,12)8(9,10)7(11)14-6(2)3/h6H,5H2,1-4H3. The van der Waals surface area contributed by atoms with E-state index in [0.29, 0.717) is 0 Å². The largest absolute Gasteiger partial charge is 0.460 e. The first kappa shape index (κ1) is 15.2. The fourth-order valence-electron chi connectivity index (χ4n) is 0.778. The van der Waals surface area contributed by atoms with Crippen molar-refractivity contribution in [1.29, 1.82) is 0 Å². The second kappa shape index (κ2) is 5.53. The van der Waals surface area contributed by atoms with E-state index >= 15 is 0 Å². The molecular formula is C8H15Cl2O4P. The normalized spacial score (nSPS) is 16.2. The van der Waals surface area contributed by atoms with Gasteiger partial charge in [0.2, 0.25) is 7.37 Å². The highest BCUT2D eigenvalue weighted by molar-refractivity contribution is 7.65. The third-order valence-corrected chi connectivity index (χ3v) is 5.58. The molecule has 0 saturated carbocycles. The Hall–Kier alpha value is 0.240. The van der Waals surface area contributed by atoms with E-state index in [1.165, 1.54) is 6.66 Å². The molecule has 0 heterocycles. The molecule has 0 aliphatic heterocycles. The van der Waals surface area contributed by atoms with Gasteiger partial charge in [-0.1, -0.05) is 23.2 Å². The molecule has 4 nitrogen and oxygen atoms in total. The molecule has 0 bridgehead atoms. The molecule has 0 aromatic rings. The average Bonchev–Trinajstić information content (AvgIpc) is 2.02. The van der Waals surface area contributed by atoms with Gasteiger partial charge in [0.15, 0.2) is 0 Å². The molecule has 1 unspecified atom stereocenters. The van der Waals surface area contributed by atoms with Crippen molar-refractivity contribution in [3.05, 3.63) is 0 Å². The van der Waals surface area contributed by atoms with Crippen LogP contribution < -0.4 is 0 Å². The summed E-state index contributed by atoms with van der Waals surface area (Å²) in [6, 6.07) is 0. The number of hydrogen-bond acceptors (Lipinski definition) is 4. The molecule has 0 aromatic carbocycles. The number of carbonyl (C=O) groups excluding carboxylic acids is 1. The Kier molecular flexibility index (Phi) is 5.62. The number of hydrogen-bond donors (Lipinski definition) is 0. The van der Waals surface area contributed by atoms with Crippen molar-refractivity contribution in [2.75, 3.05) is 13.3 Å². The van der Waals surface area contributed by atoms with Crippen LogP contribution in [0.15, 0.2) is 0 Å². The van der Waals surface area contributed by atoms with Crippen molar-refractivity contribution in [2.45, 2.75) is 30.9 Å². The summed E-state index contributed by atoms with van der Waals surface area (Å²) in [7, 11) is -3.45. The summed E-state index contributed by atoms with van der Waals surface area (Å²) in [6.07, 6.45) is -0.379. The van der Waals surface area contributed by atoms with E-state index in [0.717, 1.165) is 0 Å². The summed E-state index contributed by atoms with van der Waals surface area (Å²) < 4.78 is 19.4. The molecular weight excluding hydrogens is 262 g/mol. The highest BCUT2D eigenvalue weighted by Gasteiger charge is 2.51. The molecule has 0 aliphatic rings. The van der Waals surface area contributed by atoms with E-state index < -0.39 is 17.4 Å². The maximum Gasteiger partial charge on any atom is 0.353 e. The van der Waals surface area contributed by atoms with Crippen molar-refractivity contribution in [2.24, 2.45) is 0 Å². The second-order valence-corrected chi connectivity index (χ2v) is 7.73. The molecule has 0 rings (SSSR count). The van der Waals surface area contributed by atoms with E-state index in [9.17, 15) is 9.36 Å². The number of esters is 1. The quantitative estimate of drug-likeness (QED) is 0.440. The van der Waals surface area contributed by atoms with Gasteiger partial charge < -0.3 is 9.26 Å². The molecule has 7 heteroatoms. The van der Waals surface area contributed by atoms with Gasteiger partial charge in [-0.3, -0.25) is 4.57 Å². The van der Waals surface area contributed by atoms with E-state index in [1.54, 1.807) is 20.8 Å². The number of carbonyl (C=O) groups is 1. The van der Waals surface area contributed by atoms with Crippen molar-refractivity contribution in [3.63, 3.8) is 0 Å². The summed E-state index contributed by atoms with van der Waals surface area (Å²) in [6.45, 7) is 6.28. The number of ether oxygens (including phenoxy) is 1. The van der Waals surface area contributed by atoms with Gasteiger partial charge in [0, 0.05) is 6.66 Å². The summed E-state index contributed by atoms with van der Waals surface area (Å²) >= 11 is 11.4. The van der Waals surface area contributed by atoms with Crippen LogP contribution >= 0.6 is 30.6 Å². The lowest BCUT2D eigenvalue weighted by atomic mass is 10.5. The first-order chi connectivity index (χ1) is 6.65. The number of rotatable bonds is 5. The van der Waals surface area contributed by atoms with Crippen molar-refractivity contribution >= 4 is 36.5 Å². The van der Waals surface area contributed by atoms with Crippen LogP contribution in [0.2, 0.25) is 0 Å². The monoisotopic (exact) mass is 276 g/mol. The third-order valence-electron chi connectivity index (χ3n) is 1.47.